The van der Waals surface area contributed by atoms with E-state index in [1.807, 2.05) is 0 Å². The fraction of sp³-hybridized carbons (Fsp3) is 0.684. The summed E-state index contributed by atoms with van der Waals surface area (Å²) in [5, 5.41) is -0.0624. The first-order valence-corrected chi connectivity index (χ1v) is 12.6. The molecule has 0 saturated carbocycles. The summed E-state index contributed by atoms with van der Waals surface area (Å²) in [4.78, 5) is 49.3. The number of rotatable bonds is 6. The minimum Gasteiger partial charge on any atom is -0.456 e. The van der Waals surface area contributed by atoms with Crippen LogP contribution < -0.4 is 11.2 Å². The summed E-state index contributed by atoms with van der Waals surface area (Å²) >= 11 is 0. The van der Waals surface area contributed by atoms with Gasteiger partial charge in [-0.1, -0.05) is 20.8 Å². The highest BCUT2D eigenvalue weighted by Gasteiger charge is 2.51. The Morgan fingerprint density at radius 2 is 1.70 bits per heavy atom. The molecule has 10 nitrogen and oxygen atoms in total. The lowest BCUT2D eigenvalue weighted by Gasteiger charge is -2.37. The van der Waals surface area contributed by atoms with Crippen LogP contribution in [0.15, 0.2) is 21.9 Å². The molecule has 1 saturated heterocycles. The predicted octanol–water partition coefficient (Wildman–Crippen LogP) is 1.32. The molecule has 1 aliphatic rings. The van der Waals surface area contributed by atoms with Crippen molar-refractivity contribution in [1.29, 1.82) is 0 Å². The number of aromatic nitrogens is 2. The molecule has 1 aliphatic heterocycles. The third-order valence-corrected chi connectivity index (χ3v) is 9.93. The Labute approximate surface area is 175 Å². The second-order valence-corrected chi connectivity index (χ2v) is 13.6. The Hall–Kier alpha value is -2.24. The number of carbonyl (C=O) groups is 2. The highest BCUT2D eigenvalue weighted by molar-refractivity contribution is 6.74. The van der Waals surface area contributed by atoms with E-state index in [-0.39, 0.29) is 11.6 Å². The number of hydrogen-bond acceptors (Lipinski definition) is 8. The molecule has 0 spiro atoms. The summed E-state index contributed by atoms with van der Waals surface area (Å²) in [6.45, 7) is 12.9. The zero-order valence-electron chi connectivity index (χ0n) is 18.4. The molecule has 1 aromatic rings. The minimum atomic E-state index is -2.16. The lowest BCUT2D eigenvalue weighted by molar-refractivity contribution is -0.165. The summed E-state index contributed by atoms with van der Waals surface area (Å²) in [6.07, 6.45) is -2.72. The van der Waals surface area contributed by atoms with Crippen LogP contribution in [0.25, 0.3) is 0 Å². The largest absolute Gasteiger partial charge is 0.456 e. The molecule has 168 valence electrons. The number of nitrogens with zero attached hydrogens (tertiary/aromatic N) is 1. The van der Waals surface area contributed by atoms with Crippen molar-refractivity contribution in [2.45, 2.75) is 77.3 Å². The second-order valence-electron chi connectivity index (χ2n) is 8.80. The Morgan fingerprint density at radius 1 is 1.13 bits per heavy atom. The van der Waals surface area contributed by atoms with Crippen molar-refractivity contribution in [3.05, 3.63) is 33.1 Å². The maximum atomic E-state index is 12.3. The van der Waals surface area contributed by atoms with E-state index < -0.39 is 56.0 Å². The Balaban J connectivity index is 2.40. The third kappa shape index (κ3) is 5.46. The summed E-state index contributed by atoms with van der Waals surface area (Å²) < 4.78 is 24.1. The van der Waals surface area contributed by atoms with Crippen molar-refractivity contribution in [2.75, 3.05) is 6.61 Å². The normalized spacial score (nSPS) is 24.5. The van der Waals surface area contributed by atoms with Crippen molar-refractivity contribution >= 4 is 20.3 Å². The van der Waals surface area contributed by atoms with E-state index in [9.17, 15) is 19.2 Å². The molecule has 1 aromatic heterocycles. The molecule has 11 heteroatoms. The maximum absolute atomic E-state index is 12.3. The average Bonchev–Trinajstić information content (AvgIpc) is 2.88. The van der Waals surface area contributed by atoms with E-state index in [1.165, 1.54) is 20.0 Å². The van der Waals surface area contributed by atoms with Crippen molar-refractivity contribution in [2.24, 2.45) is 0 Å². The Kier molecular flexibility index (Phi) is 7.10. The van der Waals surface area contributed by atoms with Gasteiger partial charge in [0.2, 0.25) is 0 Å². The van der Waals surface area contributed by atoms with Crippen molar-refractivity contribution in [3.63, 3.8) is 0 Å². The van der Waals surface area contributed by atoms with E-state index in [2.05, 4.69) is 38.8 Å². The molecule has 4 atom stereocenters. The van der Waals surface area contributed by atoms with Gasteiger partial charge in [0, 0.05) is 26.1 Å². The molecule has 0 unspecified atom stereocenters. The molecule has 0 bridgehead atoms. The van der Waals surface area contributed by atoms with Crippen LogP contribution in [0.5, 0.6) is 0 Å². The van der Waals surface area contributed by atoms with Gasteiger partial charge in [0.1, 0.15) is 6.10 Å². The quantitative estimate of drug-likeness (QED) is 0.516. The number of carbonyl (C=O) groups excluding carboxylic acids is 2. The molecular formula is C19H30N2O8Si. The van der Waals surface area contributed by atoms with Crippen LogP contribution in [0.1, 0.15) is 40.8 Å². The minimum absolute atomic E-state index is 0.0624. The van der Waals surface area contributed by atoms with Crippen LogP contribution in [-0.2, 0) is 28.2 Å². The van der Waals surface area contributed by atoms with Crippen LogP contribution >= 0.6 is 0 Å². The molecule has 0 radical (unpaired) electrons. The van der Waals surface area contributed by atoms with Crippen LogP contribution in [0.2, 0.25) is 18.1 Å². The zero-order valence-corrected chi connectivity index (χ0v) is 19.4. The molecule has 1 fully saturated rings. The molecule has 0 aliphatic carbocycles. The highest BCUT2D eigenvalue weighted by atomic mass is 28.4. The molecular weight excluding hydrogens is 412 g/mol. The molecule has 2 heterocycles. The van der Waals surface area contributed by atoms with E-state index in [4.69, 9.17) is 18.6 Å². The molecule has 0 amide bonds. The summed E-state index contributed by atoms with van der Waals surface area (Å²) in [5.74, 6) is -1.22. The van der Waals surface area contributed by atoms with Gasteiger partial charge >= 0.3 is 17.6 Å². The topological polar surface area (TPSA) is 126 Å². The standard InChI is InChI=1S/C19H30N2O8Si/c1-11(22)27-15-13(10-26-30(6,7)19(3,4)5)29-17(16(15)28-12(2)23)21-9-8-14(24)20-18(21)25/h8-9,13,15-17H,10H2,1-7H3,(H,20,24,25)/t13-,15-,16-,17-/m1/s1. The Bertz CT molecular complexity index is 901. The van der Waals surface area contributed by atoms with Crippen LogP contribution in [0.3, 0.4) is 0 Å². The van der Waals surface area contributed by atoms with Gasteiger partial charge in [-0.2, -0.15) is 0 Å². The molecule has 1 N–H and O–H groups in total. The van der Waals surface area contributed by atoms with Gasteiger partial charge in [0.25, 0.3) is 5.56 Å². The molecule has 30 heavy (non-hydrogen) atoms. The highest BCUT2D eigenvalue weighted by Crippen LogP contribution is 2.38. The van der Waals surface area contributed by atoms with Gasteiger partial charge in [0.05, 0.1) is 6.61 Å². The maximum Gasteiger partial charge on any atom is 0.330 e. The number of nitrogens with one attached hydrogen (secondary N) is 1. The van der Waals surface area contributed by atoms with Crippen LogP contribution in [-0.4, -0.2) is 54.7 Å². The fourth-order valence-electron chi connectivity index (χ4n) is 2.85. The third-order valence-electron chi connectivity index (χ3n) is 5.43. The number of hydrogen-bond donors (Lipinski definition) is 1. The van der Waals surface area contributed by atoms with E-state index in [1.54, 1.807) is 0 Å². The molecule has 0 aromatic carbocycles. The zero-order chi connectivity index (χ0) is 22.9. The van der Waals surface area contributed by atoms with Gasteiger partial charge in [-0.25, -0.2) is 4.79 Å². The van der Waals surface area contributed by atoms with E-state index in [0.29, 0.717) is 0 Å². The average molecular weight is 443 g/mol. The summed E-state index contributed by atoms with van der Waals surface area (Å²) in [6, 6.07) is 1.15. The first kappa shape index (κ1) is 24.0. The lowest BCUT2D eigenvalue weighted by atomic mass is 10.1. The number of H-pyrrole nitrogens is 1. The Morgan fingerprint density at radius 3 is 2.20 bits per heavy atom. The van der Waals surface area contributed by atoms with Gasteiger partial charge < -0.3 is 18.6 Å². The predicted molar refractivity (Wildman–Crippen MR) is 109 cm³/mol. The van der Waals surface area contributed by atoms with Gasteiger partial charge in [-0.05, 0) is 18.1 Å². The second kappa shape index (κ2) is 8.86. The smallest absolute Gasteiger partial charge is 0.330 e. The van der Waals surface area contributed by atoms with Crippen molar-refractivity contribution in [3.8, 4) is 0 Å². The van der Waals surface area contributed by atoms with Gasteiger partial charge in [-0.15, -0.1) is 0 Å². The number of aromatic amines is 1. The fourth-order valence-corrected chi connectivity index (χ4v) is 3.87. The van der Waals surface area contributed by atoms with Crippen LogP contribution in [0.4, 0.5) is 0 Å². The summed E-state index contributed by atoms with van der Waals surface area (Å²) in [7, 11) is -2.16. The monoisotopic (exact) mass is 442 g/mol. The number of esters is 2. The summed E-state index contributed by atoms with van der Waals surface area (Å²) in [5.41, 5.74) is -1.31. The van der Waals surface area contributed by atoms with E-state index in [0.717, 1.165) is 10.6 Å². The van der Waals surface area contributed by atoms with Gasteiger partial charge in [-0.3, -0.25) is 23.9 Å². The van der Waals surface area contributed by atoms with E-state index >= 15 is 0 Å². The SMILES string of the molecule is CC(=O)O[C@@H]1[C@H](OC(C)=O)[C@@H](CO[Si](C)(C)C(C)(C)C)O[C@H]1n1ccc(=O)[nH]c1=O. The number of ether oxygens (including phenoxy) is 3. The van der Waals surface area contributed by atoms with Gasteiger partial charge in [0.15, 0.2) is 26.8 Å². The van der Waals surface area contributed by atoms with Crippen molar-refractivity contribution < 1.29 is 28.2 Å². The first-order chi connectivity index (χ1) is 13.7. The first-order valence-electron chi connectivity index (χ1n) is 9.68. The molecule has 2 rings (SSSR count). The lowest BCUT2D eigenvalue weighted by Crippen LogP contribution is -2.46. The van der Waals surface area contributed by atoms with Crippen LogP contribution in [0, 0.1) is 0 Å². The van der Waals surface area contributed by atoms with Crippen molar-refractivity contribution in [1.82, 2.24) is 9.55 Å².